The van der Waals surface area contributed by atoms with Gasteiger partial charge in [0.05, 0.1) is 18.8 Å². The highest BCUT2D eigenvalue weighted by Gasteiger charge is 2.44. The Bertz CT molecular complexity index is 810. The summed E-state index contributed by atoms with van der Waals surface area (Å²) in [5.41, 5.74) is 0.446. The van der Waals surface area contributed by atoms with Crippen LogP contribution in [0.3, 0.4) is 0 Å². The van der Waals surface area contributed by atoms with E-state index < -0.39 is 0 Å². The Morgan fingerprint density at radius 2 is 1.77 bits per heavy atom. The normalized spacial score (nSPS) is 22.4. The van der Waals surface area contributed by atoms with Crippen LogP contribution in [0.2, 0.25) is 0 Å². The molecule has 1 aliphatic carbocycles. The van der Waals surface area contributed by atoms with Gasteiger partial charge in [-0.2, -0.15) is 0 Å². The minimum atomic E-state index is -0.139. The summed E-state index contributed by atoms with van der Waals surface area (Å²) in [6.07, 6.45) is 6.11. The van der Waals surface area contributed by atoms with Gasteiger partial charge in [-0.1, -0.05) is 0 Å². The molecule has 31 heavy (non-hydrogen) atoms. The molecule has 7 nitrogen and oxygen atoms in total. The number of ketones is 1. The Labute approximate surface area is 183 Å². The van der Waals surface area contributed by atoms with Crippen molar-refractivity contribution < 1.29 is 23.9 Å². The third-order valence-corrected chi connectivity index (χ3v) is 6.77. The molecule has 0 unspecified atom stereocenters. The van der Waals surface area contributed by atoms with E-state index in [0.29, 0.717) is 23.8 Å². The molecular weight excluding hydrogens is 396 g/mol. The summed E-state index contributed by atoms with van der Waals surface area (Å²) in [5, 5.41) is 2.92. The molecule has 3 aliphatic rings. The van der Waals surface area contributed by atoms with Crippen molar-refractivity contribution in [2.45, 2.75) is 63.1 Å². The molecule has 1 N–H and O–H groups in total. The number of nitrogens with zero attached hydrogens (tertiary/aromatic N) is 1. The van der Waals surface area contributed by atoms with Gasteiger partial charge in [-0.25, -0.2) is 0 Å². The van der Waals surface area contributed by atoms with Crippen molar-refractivity contribution in [3.63, 3.8) is 0 Å². The summed E-state index contributed by atoms with van der Waals surface area (Å²) in [6.45, 7) is 2.03. The number of nitrogens with one attached hydrogen (secondary N) is 1. The minimum absolute atomic E-state index is 0.00641. The number of ether oxygens (including phenoxy) is 2. The molecule has 1 spiro atoms. The monoisotopic (exact) mass is 428 g/mol. The van der Waals surface area contributed by atoms with Crippen LogP contribution in [-0.4, -0.2) is 60.9 Å². The fraction of sp³-hybridized carbons (Fsp3) is 0.625. The highest BCUT2D eigenvalue weighted by Crippen LogP contribution is 2.40. The number of rotatable bonds is 8. The third-order valence-electron chi connectivity index (χ3n) is 6.77. The summed E-state index contributed by atoms with van der Waals surface area (Å²) in [4.78, 5) is 38.7. The predicted molar refractivity (Wildman–Crippen MR) is 115 cm³/mol. The van der Waals surface area contributed by atoms with E-state index in [2.05, 4.69) is 5.32 Å². The summed E-state index contributed by atoms with van der Waals surface area (Å²) < 4.78 is 11.4. The zero-order valence-electron chi connectivity index (χ0n) is 18.2. The molecule has 1 saturated carbocycles. The van der Waals surface area contributed by atoms with Gasteiger partial charge in [0.1, 0.15) is 5.75 Å². The van der Waals surface area contributed by atoms with Crippen LogP contribution in [0, 0.1) is 5.92 Å². The molecule has 0 bridgehead atoms. The molecule has 2 saturated heterocycles. The molecule has 2 heterocycles. The second kappa shape index (κ2) is 9.39. The fourth-order valence-corrected chi connectivity index (χ4v) is 4.59. The number of amides is 2. The molecule has 0 radical (unpaired) electrons. The molecule has 1 aromatic rings. The molecule has 168 valence electrons. The molecule has 4 rings (SSSR count). The summed E-state index contributed by atoms with van der Waals surface area (Å²) in [7, 11) is 1.58. The van der Waals surface area contributed by atoms with Crippen molar-refractivity contribution in [3.05, 3.63) is 29.8 Å². The zero-order chi connectivity index (χ0) is 21.8. The number of piperidine rings is 1. The topological polar surface area (TPSA) is 84.9 Å². The Hall–Kier alpha value is -2.41. The largest absolute Gasteiger partial charge is 0.497 e. The van der Waals surface area contributed by atoms with Crippen LogP contribution in [0.5, 0.6) is 5.75 Å². The van der Waals surface area contributed by atoms with Crippen LogP contribution in [0.4, 0.5) is 0 Å². The van der Waals surface area contributed by atoms with Gasteiger partial charge in [0, 0.05) is 44.0 Å². The first-order chi connectivity index (χ1) is 15.0. The van der Waals surface area contributed by atoms with Gasteiger partial charge in [0.15, 0.2) is 5.78 Å². The van der Waals surface area contributed by atoms with Crippen molar-refractivity contribution >= 4 is 17.6 Å². The maximum atomic E-state index is 12.3. The maximum absolute atomic E-state index is 12.3. The first-order valence-electron chi connectivity index (χ1n) is 11.4. The minimum Gasteiger partial charge on any atom is -0.497 e. The molecule has 7 heteroatoms. The number of likely N-dealkylation sites (tertiary alicyclic amines) is 1. The molecule has 2 amide bonds. The van der Waals surface area contributed by atoms with Crippen LogP contribution >= 0.6 is 0 Å². The first-order valence-corrected chi connectivity index (χ1v) is 11.4. The van der Waals surface area contributed by atoms with Gasteiger partial charge >= 0.3 is 0 Å². The van der Waals surface area contributed by atoms with Crippen LogP contribution < -0.4 is 10.1 Å². The van der Waals surface area contributed by atoms with E-state index in [0.717, 1.165) is 51.6 Å². The number of benzene rings is 1. The van der Waals surface area contributed by atoms with Gasteiger partial charge < -0.3 is 19.7 Å². The zero-order valence-corrected chi connectivity index (χ0v) is 18.2. The quantitative estimate of drug-likeness (QED) is 0.644. The van der Waals surface area contributed by atoms with E-state index in [1.165, 1.54) is 0 Å². The molecule has 1 aromatic carbocycles. The van der Waals surface area contributed by atoms with Gasteiger partial charge in [-0.3, -0.25) is 14.4 Å². The average Bonchev–Trinajstić information content (AvgIpc) is 3.58. The standard InChI is InChI=1S/C24H32N2O5/c1-30-19-6-4-17(5-7-19)21(27)8-9-22(28)25-16-20-10-11-24(31-20)12-14-26(15-13-24)23(29)18-2-3-18/h4-7,18,20H,2-3,8-16H2,1H3,(H,25,28)/t20-/m0/s1. The first kappa shape index (κ1) is 21.8. The molecule has 1 atom stereocenters. The van der Waals surface area contributed by atoms with E-state index in [-0.39, 0.29) is 42.2 Å². The van der Waals surface area contributed by atoms with Crippen molar-refractivity contribution in [2.75, 3.05) is 26.7 Å². The molecule has 2 aliphatic heterocycles. The SMILES string of the molecule is COc1ccc(C(=O)CCC(=O)NC[C@@H]2CCC3(CCN(C(=O)C4CC4)CC3)O2)cc1. The average molecular weight is 429 g/mol. The number of carbonyl (C=O) groups excluding carboxylic acids is 3. The number of carbonyl (C=O) groups is 3. The van der Waals surface area contributed by atoms with E-state index in [1.807, 2.05) is 4.90 Å². The van der Waals surface area contributed by atoms with Crippen LogP contribution in [0.15, 0.2) is 24.3 Å². The second-order valence-electron chi connectivity index (χ2n) is 9.02. The van der Waals surface area contributed by atoms with E-state index >= 15 is 0 Å². The highest BCUT2D eigenvalue weighted by atomic mass is 16.5. The lowest BCUT2D eigenvalue weighted by molar-refractivity contribution is -0.139. The molecular formula is C24H32N2O5. The van der Waals surface area contributed by atoms with Crippen molar-refractivity contribution in [3.8, 4) is 5.75 Å². The number of hydrogen-bond donors (Lipinski definition) is 1. The van der Waals surface area contributed by atoms with E-state index in [9.17, 15) is 14.4 Å². The lowest BCUT2D eigenvalue weighted by Crippen LogP contribution is -2.47. The number of Topliss-reactive ketones (excluding diaryl/α,β-unsaturated/α-hetero) is 1. The van der Waals surface area contributed by atoms with Crippen LogP contribution in [-0.2, 0) is 14.3 Å². The van der Waals surface area contributed by atoms with Crippen LogP contribution in [0.1, 0.15) is 61.7 Å². The van der Waals surface area contributed by atoms with E-state index in [4.69, 9.17) is 9.47 Å². The maximum Gasteiger partial charge on any atom is 0.225 e. The smallest absolute Gasteiger partial charge is 0.225 e. The second-order valence-corrected chi connectivity index (χ2v) is 9.02. The summed E-state index contributed by atoms with van der Waals surface area (Å²) >= 11 is 0. The number of hydrogen-bond acceptors (Lipinski definition) is 5. The number of methoxy groups -OCH3 is 1. The Kier molecular flexibility index (Phi) is 6.60. The Morgan fingerprint density at radius 1 is 1.06 bits per heavy atom. The van der Waals surface area contributed by atoms with Crippen molar-refractivity contribution in [1.82, 2.24) is 10.2 Å². The van der Waals surface area contributed by atoms with Gasteiger partial charge in [-0.15, -0.1) is 0 Å². The van der Waals surface area contributed by atoms with Crippen molar-refractivity contribution in [2.24, 2.45) is 5.92 Å². The van der Waals surface area contributed by atoms with Gasteiger partial charge in [0.25, 0.3) is 0 Å². The van der Waals surface area contributed by atoms with E-state index in [1.54, 1.807) is 31.4 Å². The Morgan fingerprint density at radius 3 is 2.42 bits per heavy atom. The highest BCUT2D eigenvalue weighted by molar-refractivity contribution is 5.98. The van der Waals surface area contributed by atoms with Gasteiger partial charge in [0.2, 0.25) is 11.8 Å². The Balaban J connectivity index is 1.15. The molecule has 3 fully saturated rings. The lowest BCUT2D eigenvalue weighted by Gasteiger charge is -2.39. The summed E-state index contributed by atoms with van der Waals surface area (Å²) in [5.74, 6) is 1.11. The van der Waals surface area contributed by atoms with Crippen molar-refractivity contribution in [1.29, 1.82) is 0 Å². The van der Waals surface area contributed by atoms with Gasteiger partial charge in [-0.05, 0) is 62.8 Å². The third kappa shape index (κ3) is 5.45. The lowest BCUT2D eigenvalue weighted by atomic mass is 9.88. The fourth-order valence-electron chi connectivity index (χ4n) is 4.59. The molecule has 0 aromatic heterocycles. The predicted octanol–water partition coefficient (Wildman–Crippen LogP) is 2.72. The van der Waals surface area contributed by atoms with Crippen LogP contribution in [0.25, 0.3) is 0 Å². The summed E-state index contributed by atoms with van der Waals surface area (Å²) in [6, 6.07) is 6.92.